The maximum absolute atomic E-state index is 11.0. The lowest BCUT2D eigenvalue weighted by Crippen LogP contribution is -2.30. The molecule has 0 atom stereocenters. The van der Waals surface area contributed by atoms with Gasteiger partial charge in [-0.25, -0.2) is 4.79 Å². The predicted octanol–water partition coefficient (Wildman–Crippen LogP) is 4.35. The number of carbonyl (C=O) groups is 1. The lowest BCUT2D eigenvalue weighted by Gasteiger charge is -2.36. The van der Waals surface area contributed by atoms with Gasteiger partial charge in [-0.15, -0.1) is 0 Å². The quantitative estimate of drug-likeness (QED) is 0.530. The second-order valence-corrected chi connectivity index (χ2v) is 5.48. The zero-order chi connectivity index (χ0) is 13.5. The molecule has 0 amide bonds. The summed E-state index contributed by atoms with van der Waals surface area (Å²) in [5, 5.41) is 0. The minimum atomic E-state index is -0.283. The molecule has 0 unspecified atom stereocenters. The third-order valence-corrected chi connectivity index (χ3v) is 3.35. The van der Waals surface area contributed by atoms with E-state index in [4.69, 9.17) is 4.74 Å². The minimum Gasteiger partial charge on any atom is -0.459 e. The molecule has 0 spiro atoms. The number of hydrogen-bond acceptors (Lipinski definition) is 2. The Morgan fingerprint density at radius 2 is 1.65 bits per heavy atom. The Hall–Kier alpha value is -0.790. The largest absolute Gasteiger partial charge is 0.459 e. The Morgan fingerprint density at radius 3 is 2.00 bits per heavy atom. The van der Waals surface area contributed by atoms with E-state index in [0.29, 0.717) is 5.41 Å². The van der Waals surface area contributed by atoms with Gasteiger partial charge in [0, 0.05) is 6.08 Å². The van der Waals surface area contributed by atoms with E-state index in [1.807, 2.05) is 13.8 Å². The van der Waals surface area contributed by atoms with Crippen LogP contribution in [-0.4, -0.2) is 12.1 Å². The fourth-order valence-corrected chi connectivity index (χ4v) is 2.26. The first-order chi connectivity index (χ1) is 7.93. The SMILES string of the molecule is C=CC(=O)OC1CCC(C(C)(C)C)CC1.CC. The summed E-state index contributed by atoms with van der Waals surface area (Å²) in [7, 11) is 0. The molecule has 1 aliphatic carbocycles. The molecule has 0 N–H and O–H groups in total. The van der Waals surface area contributed by atoms with E-state index in [2.05, 4.69) is 27.4 Å². The summed E-state index contributed by atoms with van der Waals surface area (Å²) >= 11 is 0. The van der Waals surface area contributed by atoms with Crippen molar-refractivity contribution in [3.63, 3.8) is 0 Å². The van der Waals surface area contributed by atoms with Crippen LogP contribution in [0.1, 0.15) is 60.3 Å². The molecule has 0 aromatic heterocycles. The van der Waals surface area contributed by atoms with E-state index in [0.717, 1.165) is 18.8 Å². The van der Waals surface area contributed by atoms with Crippen molar-refractivity contribution in [3.8, 4) is 0 Å². The normalized spacial score (nSPS) is 24.3. The fraction of sp³-hybridized carbons (Fsp3) is 0.800. The van der Waals surface area contributed by atoms with Gasteiger partial charge in [-0.05, 0) is 37.0 Å². The summed E-state index contributed by atoms with van der Waals surface area (Å²) in [6.07, 6.45) is 5.70. The first kappa shape index (κ1) is 16.2. The maximum Gasteiger partial charge on any atom is 0.330 e. The molecule has 0 aromatic rings. The van der Waals surface area contributed by atoms with Crippen LogP contribution in [0.3, 0.4) is 0 Å². The van der Waals surface area contributed by atoms with Crippen molar-refractivity contribution < 1.29 is 9.53 Å². The predicted molar refractivity (Wildman–Crippen MR) is 72.8 cm³/mol. The van der Waals surface area contributed by atoms with Crippen molar-refractivity contribution >= 4 is 5.97 Å². The summed E-state index contributed by atoms with van der Waals surface area (Å²) < 4.78 is 5.24. The molecular weight excluding hydrogens is 212 g/mol. The number of rotatable bonds is 2. The van der Waals surface area contributed by atoms with Crippen LogP contribution >= 0.6 is 0 Å². The van der Waals surface area contributed by atoms with E-state index < -0.39 is 0 Å². The molecule has 0 aromatic carbocycles. The molecule has 100 valence electrons. The summed E-state index contributed by atoms with van der Waals surface area (Å²) in [5.41, 5.74) is 0.382. The molecule has 1 fully saturated rings. The highest BCUT2D eigenvalue weighted by Crippen LogP contribution is 2.38. The van der Waals surface area contributed by atoms with Crippen LogP contribution < -0.4 is 0 Å². The highest BCUT2D eigenvalue weighted by Gasteiger charge is 2.30. The summed E-state index contributed by atoms with van der Waals surface area (Å²) in [4.78, 5) is 11.0. The number of ether oxygens (including phenoxy) is 1. The molecule has 1 aliphatic rings. The second kappa shape index (κ2) is 7.52. The van der Waals surface area contributed by atoms with E-state index in [1.165, 1.54) is 18.9 Å². The molecule has 0 aliphatic heterocycles. The minimum absolute atomic E-state index is 0.120. The lowest BCUT2D eigenvalue weighted by molar-refractivity contribution is -0.145. The fourth-order valence-electron chi connectivity index (χ4n) is 2.26. The Kier molecular flexibility index (Phi) is 7.17. The van der Waals surface area contributed by atoms with Crippen LogP contribution in [0.4, 0.5) is 0 Å². The molecule has 2 heteroatoms. The van der Waals surface area contributed by atoms with E-state index in [1.54, 1.807) is 0 Å². The summed E-state index contributed by atoms with van der Waals surface area (Å²) in [6, 6.07) is 0. The van der Waals surface area contributed by atoms with Gasteiger partial charge in [0.05, 0.1) is 0 Å². The first-order valence-corrected chi connectivity index (χ1v) is 6.76. The van der Waals surface area contributed by atoms with E-state index in [9.17, 15) is 4.79 Å². The van der Waals surface area contributed by atoms with Gasteiger partial charge >= 0.3 is 5.97 Å². The molecule has 0 heterocycles. The van der Waals surface area contributed by atoms with Gasteiger partial charge in [0.1, 0.15) is 6.10 Å². The topological polar surface area (TPSA) is 26.3 Å². The Morgan fingerprint density at radius 1 is 1.18 bits per heavy atom. The van der Waals surface area contributed by atoms with Crippen molar-refractivity contribution in [1.29, 1.82) is 0 Å². The molecule has 17 heavy (non-hydrogen) atoms. The van der Waals surface area contributed by atoms with Crippen molar-refractivity contribution in [2.24, 2.45) is 11.3 Å². The monoisotopic (exact) mass is 240 g/mol. The van der Waals surface area contributed by atoms with Crippen molar-refractivity contribution in [1.82, 2.24) is 0 Å². The third-order valence-electron chi connectivity index (χ3n) is 3.35. The van der Waals surface area contributed by atoms with Gasteiger partial charge in [-0.1, -0.05) is 41.2 Å². The number of carbonyl (C=O) groups excluding carboxylic acids is 1. The highest BCUT2D eigenvalue weighted by atomic mass is 16.5. The van der Waals surface area contributed by atoms with Crippen LogP contribution in [0.5, 0.6) is 0 Å². The van der Waals surface area contributed by atoms with Crippen LogP contribution in [0.15, 0.2) is 12.7 Å². The Bertz CT molecular complexity index is 230. The summed E-state index contributed by atoms with van der Waals surface area (Å²) in [6.45, 7) is 14.3. The third kappa shape index (κ3) is 5.90. The average molecular weight is 240 g/mol. The van der Waals surface area contributed by atoms with Crippen LogP contribution in [0, 0.1) is 11.3 Å². The molecular formula is C15H28O2. The molecule has 1 saturated carbocycles. The maximum atomic E-state index is 11.0. The molecule has 1 rings (SSSR count). The molecule has 0 bridgehead atoms. The lowest BCUT2D eigenvalue weighted by atomic mass is 9.72. The standard InChI is InChI=1S/C13H22O2.C2H6/c1-5-12(14)15-11-8-6-10(7-9-11)13(2,3)4;1-2/h5,10-11H,1,6-9H2,2-4H3;1-2H3. The average Bonchev–Trinajstić information content (AvgIpc) is 2.31. The van der Waals surface area contributed by atoms with Gasteiger partial charge in [0.15, 0.2) is 0 Å². The zero-order valence-electron chi connectivity index (χ0n) is 12.1. The summed E-state index contributed by atoms with van der Waals surface area (Å²) in [5.74, 6) is 0.477. The van der Waals surface area contributed by atoms with E-state index in [-0.39, 0.29) is 12.1 Å². The number of esters is 1. The highest BCUT2D eigenvalue weighted by molar-refractivity contribution is 5.81. The van der Waals surface area contributed by atoms with Crippen LogP contribution in [-0.2, 0) is 9.53 Å². The van der Waals surface area contributed by atoms with Crippen molar-refractivity contribution in [2.45, 2.75) is 66.4 Å². The first-order valence-electron chi connectivity index (χ1n) is 6.76. The molecule has 2 nitrogen and oxygen atoms in total. The molecule has 0 saturated heterocycles. The van der Waals surface area contributed by atoms with Gasteiger partial charge in [-0.3, -0.25) is 0 Å². The zero-order valence-corrected chi connectivity index (χ0v) is 12.1. The smallest absolute Gasteiger partial charge is 0.330 e. The van der Waals surface area contributed by atoms with Crippen molar-refractivity contribution in [2.75, 3.05) is 0 Å². The Balaban J connectivity index is 0.00000121. The van der Waals surface area contributed by atoms with Crippen LogP contribution in [0.2, 0.25) is 0 Å². The second-order valence-electron chi connectivity index (χ2n) is 5.48. The van der Waals surface area contributed by atoms with Gasteiger partial charge in [0.2, 0.25) is 0 Å². The van der Waals surface area contributed by atoms with Gasteiger partial charge in [-0.2, -0.15) is 0 Å². The van der Waals surface area contributed by atoms with Gasteiger partial charge in [0.25, 0.3) is 0 Å². The Labute approximate surface area is 106 Å². The van der Waals surface area contributed by atoms with Gasteiger partial charge < -0.3 is 4.74 Å². The van der Waals surface area contributed by atoms with E-state index >= 15 is 0 Å². The molecule has 0 radical (unpaired) electrons. The number of hydrogen-bond donors (Lipinski definition) is 0. The van der Waals surface area contributed by atoms with Crippen LogP contribution in [0.25, 0.3) is 0 Å². The van der Waals surface area contributed by atoms with Crippen molar-refractivity contribution in [3.05, 3.63) is 12.7 Å².